The lowest BCUT2D eigenvalue weighted by Crippen LogP contribution is -2.52. The van der Waals surface area contributed by atoms with Crippen LogP contribution in [-0.4, -0.2) is 24.0 Å². The molecule has 2 bridgehead atoms. The van der Waals surface area contributed by atoms with Crippen molar-refractivity contribution in [2.75, 3.05) is 13.1 Å². The van der Waals surface area contributed by atoms with Gasteiger partial charge in [0.1, 0.15) is 0 Å². The van der Waals surface area contributed by atoms with Crippen LogP contribution >= 0.6 is 0 Å². The lowest BCUT2D eigenvalue weighted by atomic mass is 9.83. The molecule has 0 spiro atoms. The SMILES string of the molecule is C=C1CC2CCN1C[C@H]2N. The van der Waals surface area contributed by atoms with E-state index < -0.39 is 0 Å². The van der Waals surface area contributed by atoms with Crippen molar-refractivity contribution in [1.29, 1.82) is 0 Å². The van der Waals surface area contributed by atoms with Crippen LogP contribution in [0.3, 0.4) is 0 Å². The van der Waals surface area contributed by atoms with Gasteiger partial charge < -0.3 is 10.6 Å². The van der Waals surface area contributed by atoms with Gasteiger partial charge in [0.15, 0.2) is 0 Å². The summed E-state index contributed by atoms with van der Waals surface area (Å²) in [6.07, 6.45) is 2.42. The minimum Gasteiger partial charge on any atom is -0.374 e. The number of hydrogen-bond donors (Lipinski definition) is 1. The van der Waals surface area contributed by atoms with E-state index in [1.54, 1.807) is 0 Å². The Morgan fingerprint density at radius 3 is 2.70 bits per heavy atom. The number of piperidine rings is 3. The fourth-order valence-corrected chi connectivity index (χ4v) is 2.00. The zero-order valence-corrected chi connectivity index (χ0v) is 6.21. The Bertz CT molecular complexity index is 165. The highest BCUT2D eigenvalue weighted by Crippen LogP contribution is 2.32. The molecule has 0 aromatic carbocycles. The average molecular weight is 138 g/mol. The van der Waals surface area contributed by atoms with Gasteiger partial charge in [-0.2, -0.15) is 0 Å². The Hall–Kier alpha value is -0.500. The number of fused-ring (bicyclic) bond motifs is 3. The molecule has 2 N–H and O–H groups in total. The summed E-state index contributed by atoms with van der Waals surface area (Å²) in [5.41, 5.74) is 7.20. The summed E-state index contributed by atoms with van der Waals surface area (Å²) in [7, 11) is 0. The molecule has 0 aliphatic carbocycles. The Morgan fingerprint density at radius 1 is 1.60 bits per heavy atom. The first-order chi connectivity index (χ1) is 4.77. The maximum atomic E-state index is 5.90. The van der Waals surface area contributed by atoms with Crippen molar-refractivity contribution in [3.05, 3.63) is 12.3 Å². The van der Waals surface area contributed by atoms with Crippen molar-refractivity contribution < 1.29 is 0 Å². The smallest absolute Gasteiger partial charge is 0.0329 e. The van der Waals surface area contributed by atoms with Crippen LogP contribution < -0.4 is 5.73 Å². The van der Waals surface area contributed by atoms with Gasteiger partial charge in [-0.05, 0) is 18.8 Å². The molecular formula is C8H14N2. The molecule has 3 saturated heterocycles. The number of rotatable bonds is 0. The lowest BCUT2D eigenvalue weighted by Gasteiger charge is -2.45. The van der Waals surface area contributed by atoms with E-state index in [0.717, 1.165) is 18.9 Å². The van der Waals surface area contributed by atoms with Crippen molar-refractivity contribution in [3.8, 4) is 0 Å². The van der Waals surface area contributed by atoms with Crippen LogP contribution in [0, 0.1) is 5.92 Å². The van der Waals surface area contributed by atoms with Gasteiger partial charge in [-0.1, -0.05) is 6.58 Å². The van der Waals surface area contributed by atoms with E-state index in [9.17, 15) is 0 Å². The second-order valence-electron chi connectivity index (χ2n) is 3.43. The molecule has 2 heteroatoms. The number of nitrogens with two attached hydrogens (primary N) is 1. The summed E-state index contributed by atoms with van der Waals surface area (Å²) >= 11 is 0. The molecule has 2 nitrogen and oxygen atoms in total. The van der Waals surface area contributed by atoms with Crippen LogP contribution in [0.15, 0.2) is 12.3 Å². The van der Waals surface area contributed by atoms with Gasteiger partial charge in [0.05, 0.1) is 0 Å². The molecule has 3 rings (SSSR count). The molecule has 3 aliphatic heterocycles. The Labute approximate surface area is 61.7 Å². The third kappa shape index (κ3) is 0.754. The minimum atomic E-state index is 0.416. The Morgan fingerprint density at radius 2 is 2.40 bits per heavy atom. The van der Waals surface area contributed by atoms with Crippen molar-refractivity contribution in [1.82, 2.24) is 4.90 Å². The monoisotopic (exact) mass is 138 g/mol. The summed E-state index contributed by atoms with van der Waals surface area (Å²) in [6.45, 7) is 6.24. The van der Waals surface area contributed by atoms with Crippen LogP contribution in [0.25, 0.3) is 0 Å². The van der Waals surface area contributed by atoms with Crippen LogP contribution in [0.2, 0.25) is 0 Å². The zero-order chi connectivity index (χ0) is 7.14. The number of hydrogen-bond acceptors (Lipinski definition) is 2. The molecule has 10 heavy (non-hydrogen) atoms. The molecule has 0 saturated carbocycles. The summed E-state index contributed by atoms with van der Waals surface area (Å²) < 4.78 is 0. The van der Waals surface area contributed by atoms with Gasteiger partial charge in [-0.15, -0.1) is 0 Å². The normalized spacial score (nSPS) is 38.9. The fraction of sp³-hybridized carbons (Fsp3) is 0.750. The lowest BCUT2D eigenvalue weighted by molar-refractivity contribution is 0.136. The topological polar surface area (TPSA) is 29.3 Å². The van der Waals surface area contributed by atoms with Gasteiger partial charge in [0.2, 0.25) is 0 Å². The van der Waals surface area contributed by atoms with Crippen molar-refractivity contribution in [2.45, 2.75) is 18.9 Å². The Kier molecular flexibility index (Phi) is 1.24. The molecule has 3 heterocycles. The standard InChI is InChI=1S/C8H14N2/c1-6-4-7-2-3-10(6)5-8(7)9/h7-8H,1-5,9H2/t7?,8-/m1/s1. The number of allylic oxidation sites excluding steroid dienone is 1. The highest BCUT2D eigenvalue weighted by atomic mass is 15.2. The molecule has 56 valence electrons. The minimum absolute atomic E-state index is 0.416. The molecule has 0 aromatic rings. The number of nitrogens with zero attached hydrogens (tertiary/aromatic N) is 1. The van der Waals surface area contributed by atoms with E-state index in [1.807, 2.05) is 0 Å². The maximum Gasteiger partial charge on any atom is 0.0329 e. The zero-order valence-electron chi connectivity index (χ0n) is 6.21. The quantitative estimate of drug-likeness (QED) is 0.529. The fourth-order valence-electron chi connectivity index (χ4n) is 2.00. The van der Waals surface area contributed by atoms with Crippen molar-refractivity contribution >= 4 is 0 Å². The van der Waals surface area contributed by atoms with E-state index in [2.05, 4.69) is 11.5 Å². The Balaban J connectivity index is 2.16. The summed E-state index contributed by atoms with van der Waals surface area (Å²) in [6, 6.07) is 0.416. The van der Waals surface area contributed by atoms with E-state index >= 15 is 0 Å². The van der Waals surface area contributed by atoms with Crippen LogP contribution in [0.1, 0.15) is 12.8 Å². The predicted molar refractivity (Wildman–Crippen MR) is 41.4 cm³/mol. The largest absolute Gasteiger partial charge is 0.374 e. The van der Waals surface area contributed by atoms with Crippen molar-refractivity contribution in [3.63, 3.8) is 0 Å². The molecule has 3 aliphatic rings. The van der Waals surface area contributed by atoms with Crippen LogP contribution in [0.4, 0.5) is 0 Å². The molecule has 2 atom stereocenters. The average Bonchev–Trinajstić information content (AvgIpc) is 1.91. The summed E-state index contributed by atoms with van der Waals surface area (Å²) in [5.74, 6) is 0.734. The predicted octanol–water partition coefficient (Wildman–Crippen LogP) is 0.553. The van der Waals surface area contributed by atoms with Gasteiger partial charge in [0.25, 0.3) is 0 Å². The molecule has 1 unspecified atom stereocenters. The van der Waals surface area contributed by atoms with E-state index in [-0.39, 0.29) is 0 Å². The first-order valence-corrected chi connectivity index (χ1v) is 3.95. The van der Waals surface area contributed by atoms with Crippen LogP contribution in [0.5, 0.6) is 0 Å². The maximum absolute atomic E-state index is 5.90. The van der Waals surface area contributed by atoms with Crippen molar-refractivity contribution in [2.24, 2.45) is 11.7 Å². The van der Waals surface area contributed by atoms with Gasteiger partial charge in [0, 0.05) is 24.8 Å². The second-order valence-corrected chi connectivity index (χ2v) is 3.43. The molecule has 0 radical (unpaired) electrons. The van der Waals surface area contributed by atoms with E-state index in [4.69, 9.17) is 5.73 Å². The second kappa shape index (κ2) is 1.99. The first-order valence-electron chi connectivity index (χ1n) is 3.95. The highest BCUT2D eigenvalue weighted by molar-refractivity contribution is 5.07. The van der Waals surface area contributed by atoms with E-state index in [0.29, 0.717) is 6.04 Å². The molecule has 0 amide bonds. The summed E-state index contributed by atoms with van der Waals surface area (Å²) in [5, 5.41) is 0. The molecule has 3 fully saturated rings. The van der Waals surface area contributed by atoms with Gasteiger partial charge in [-0.25, -0.2) is 0 Å². The first kappa shape index (κ1) is 6.23. The van der Waals surface area contributed by atoms with Crippen LogP contribution in [-0.2, 0) is 0 Å². The third-order valence-electron chi connectivity index (χ3n) is 2.75. The van der Waals surface area contributed by atoms with E-state index in [1.165, 1.54) is 18.7 Å². The third-order valence-corrected chi connectivity index (χ3v) is 2.75. The highest BCUT2D eigenvalue weighted by Gasteiger charge is 2.33. The molecular weight excluding hydrogens is 124 g/mol. The van der Waals surface area contributed by atoms with Gasteiger partial charge >= 0.3 is 0 Å². The molecule has 0 aromatic heterocycles. The summed E-state index contributed by atoms with van der Waals surface area (Å²) in [4.78, 5) is 2.32. The van der Waals surface area contributed by atoms with Gasteiger partial charge in [-0.3, -0.25) is 0 Å².